The van der Waals surface area contributed by atoms with Crippen molar-refractivity contribution in [3.05, 3.63) is 0 Å². The van der Waals surface area contributed by atoms with E-state index in [2.05, 4.69) is 17.5 Å². The summed E-state index contributed by atoms with van der Waals surface area (Å²) in [5.74, 6) is 2.11. The van der Waals surface area contributed by atoms with Crippen LogP contribution in [0.25, 0.3) is 0 Å². The first-order valence-electron chi connectivity index (χ1n) is 7.76. The standard InChI is InChI=1S/C15H29NS/c17-13-6-2-1-5-11-16-12-7-10-15(16)14-8-3-4-9-14/h14-15,17H,1-13H2. The maximum Gasteiger partial charge on any atom is 0.0124 e. The molecule has 17 heavy (non-hydrogen) atoms. The van der Waals surface area contributed by atoms with Crippen LogP contribution in [-0.2, 0) is 0 Å². The van der Waals surface area contributed by atoms with Gasteiger partial charge in [-0.3, -0.25) is 0 Å². The van der Waals surface area contributed by atoms with E-state index in [-0.39, 0.29) is 0 Å². The Labute approximate surface area is 113 Å². The molecule has 2 fully saturated rings. The summed E-state index contributed by atoms with van der Waals surface area (Å²) >= 11 is 4.27. The summed E-state index contributed by atoms with van der Waals surface area (Å²) in [5, 5.41) is 0. The molecule has 2 rings (SSSR count). The second-order valence-corrected chi connectivity index (χ2v) is 6.38. The van der Waals surface area contributed by atoms with Crippen LogP contribution in [0.4, 0.5) is 0 Å². The molecular formula is C15H29NS. The molecule has 1 atom stereocenters. The third-order valence-electron chi connectivity index (χ3n) is 4.71. The molecule has 0 N–H and O–H groups in total. The average molecular weight is 255 g/mol. The number of likely N-dealkylation sites (tertiary alicyclic amines) is 1. The van der Waals surface area contributed by atoms with E-state index < -0.39 is 0 Å². The first-order valence-corrected chi connectivity index (χ1v) is 8.40. The number of hydrogen-bond acceptors (Lipinski definition) is 2. The number of unbranched alkanes of at least 4 members (excludes halogenated alkanes) is 3. The molecule has 0 amide bonds. The van der Waals surface area contributed by atoms with E-state index in [9.17, 15) is 0 Å². The minimum atomic E-state index is 0.961. The molecule has 0 aromatic rings. The van der Waals surface area contributed by atoms with Crippen LogP contribution in [-0.4, -0.2) is 29.8 Å². The molecule has 0 aromatic heterocycles. The first kappa shape index (κ1) is 13.7. The van der Waals surface area contributed by atoms with Gasteiger partial charge >= 0.3 is 0 Å². The Morgan fingerprint density at radius 2 is 1.65 bits per heavy atom. The fraction of sp³-hybridized carbons (Fsp3) is 1.00. The van der Waals surface area contributed by atoms with Gasteiger partial charge in [0.05, 0.1) is 0 Å². The normalized spacial score (nSPS) is 27.0. The smallest absolute Gasteiger partial charge is 0.0124 e. The predicted molar refractivity (Wildman–Crippen MR) is 78.9 cm³/mol. The molecule has 1 aliphatic heterocycles. The van der Waals surface area contributed by atoms with E-state index >= 15 is 0 Å². The fourth-order valence-corrected chi connectivity index (χ4v) is 4.01. The third kappa shape index (κ3) is 4.17. The Balaban J connectivity index is 1.64. The highest BCUT2D eigenvalue weighted by atomic mass is 32.1. The van der Waals surface area contributed by atoms with Crippen LogP contribution in [0.2, 0.25) is 0 Å². The van der Waals surface area contributed by atoms with Crippen molar-refractivity contribution >= 4 is 12.6 Å². The number of rotatable bonds is 7. The van der Waals surface area contributed by atoms with Crippen LogP contribution in [0, 0.1) is 5.92 Å². The summed E-state index contributed by atoms with van der Waals surface area (Å²) in [4.78, 5) is 2.82. The quantitative estimate of drug-likeness (QED) is 0.529. The Bertz CT molecular complexity index is 201. The molecule has 0 radical (unpaired) electrons. The lowest BCUT2D eigenvalue weighted by Gasteiger charge is -2.29. The maximum absolute atomic E-state index is 4.27. The lowest BCUT2D eigenvalue weighted by molar-refractivity contribution is 0.187. The van der Waals surface area contributed by atoms with Gasteiger partial charge in [-0.25, -0.2) is 0 Å². The molecule has 2 heteroatoms. The van der Waals surface area contributed by atoms with Gasteiger partial charge < -0.3 is 4.90 Å². The molecule has 1 heterocycles. The van der Waals surface area contributed by atoms with Gasteiger partial charge in [0.2, 0.25) is 0 Å². The van der Waals surface area contributed by atoms with Crippen LogP contribution in [0.5, 0.6) is 0 Å². The number of hydrogen-bond donors (Lipinski definition) is 1. The van der Waals surface area contributed by atoms with E-state index in [4.69, 9.17) is 0 Å². The fourth-order valence-electron chi connectivity index (χ4n) is 3.79. The van der Waals surface area contributed by atoms with Gasteiger partial charge in [0.25, 0.3) is 0 Å². The monoisotopic (exact) mass is 255 g/mol. The molecule has 1 unspecified atom stereocenters. The Morgan fingerprint density at radius 3 is 2.41 bits per heavy atom. The van der Waals surface area contributed by atoms with E-state index in [1.807, 2.05) is 0 Å². The van der Waals surface area contributed by atoms with E-state index in [0.717, 1.165) is 17.7 Å². The molecule has 0 bridgehead atoms. The lowest BCUT2D eigenvalue weighted by Crippen LogP contribution is -2.35. The number of thiol groups is 1. The average Bonchev–Trinajstić information content (AvgIpc) is 2.98. The van der Waals surface area contributed by atoms with Gasteiger partial charge in [0.1, 0.15) is 0 Å². The zero-order chi connectivity index (χ0) is 11.9. The summed E-state index contributed by atoms with van der Waals surface area (Å²) in [6.45, 7) is 2.75. The summed E-state index contributed by atoms with van der Waals surface area (Å²) in [6, 6.07) is 0.961. The highest BCUT2D eigenvalue weighted by Gasteiger charge is 2.32. The van der Waals surface area contributed by atoms with Crippen LogP contribution < -0.4 is 0 Å². The SMILES string of the molecule is SCCCCCCN1CCCC1C1CCCC1. The van der Waals surface area contributed by atoms with E-state index in [1.165, 1.54) is 77.3 Å². The van der Waals surface area contributed by atoms with Crippen molar-refractivity contribution in [3.8, 4) is 0 Å². The van der Waals surface area contributed by atoms with Crippen LogP contribution in [0.3, 0.4) is 0 Å². The lowest BCUT2D eigenvalue weighted by atomic mass is 9.96. The second kappa shape index (κ2) is 7.68. The summed E-state index contributed by atoms with van der Waals surface area (Å²) in [5.41, 5.74) is 0. The van der Waals surface area contributed by atoms with Gasteiger partial charge in [0, 0.05) is 6.04 Å². The van der Waals surface area contributed by atoms with Crippen molar-refractivity contribution in [2.45, 2.75) is 70.3 Å². The van der Waals surface area contributed by atoms with Gasteiger partial charge in [-0.1, -0.05) is 25.7 Å². The molecule has 1 saturated heterocycles. The van der Waals surface area contributed by atoms with E-state index in [0.29, 0.717) is 0 Å². The minimum absolute atomic E-state index is 0.961. The molecule has 1 saturated carbocycles. The molecular weight excluding hydrogens is 226 g/mol. The molecule has 2 aliphatic rings. The number of nitrogens with zero attached hydrogens (tertiary/aromatic N) is 1. The predicted octanol–water partition coefficient (Wildman–Crippen LogP) is 4.13. The van der Waals surface area contributed by atoms with Gasteiger partial charge in [-0.15, -0.1) is 0 Å². The van der Waals surface area contributed by atoms with Crippen molar-refractivity contribution in [1.29, 1.82) is 0 Å². The van der Waals surface area contributed by atoms with Crippen molar-refractivity contribution in [2.75, 3.05) is 18.8 Å². The zero-order valence-electron chi connectivity index (χ0n) is 11.2. The van der Waals surface area contributed by atoms with Gasteiger partial charge in [-0.2, -0.15) is 12.6 Å². The molecule has 1 nitrogen and oxygen atoms in total. The minimum Gasteiger partial charge on any atom is -0.300 e. The van der Waals surface area contributed by atoms with Crippen molar-refractivity contribution < 1.29 is 0 Å². The summed E-state index contributed by atoms with van der Waals surface area (Å²) in [6.07, 6.45) is 14.5. The van der Waals surface area contributed by atoms with Crippen LogP contribution >= 0.6 is 12.6 Å². The highest BCUT2D eigenvalue weighted by Crippen LogP contribution is 2.35. The van der Waals surface area contributed by atoms with Gasteiger partial charge in [-0.05, 0) is 63.3 Å². The van der Waals surface area contributed by atoms with Gasteiger partial charge in [0.15, 0.2) is 0 Å². The Hall–Kier alpha value is 0.310. The Kier molecular flexibility index (Phi) is 6.21. The third-order valence-corrected chi connectivity index (χ3v) is 5.03. The summed E-state index contributed by atoms with van der Waals surface area (Å²) < 4.78 is 0. The molecule has 100 valence electrons. The second-order valence-electron chi connectivity index (χ2n) is 5.93. The van der Waals surface area contributed by atoms with Crippen LogP contribution in [0.1, 0.15) is 64.2 Å². The Morgan fingerprint density at radius 1 is 0.882 bits per heavy atom. The van der Waals surface area contributed by atoms with E-state index in [1.54, 1.807) is 0 Å². The summed E-state index contributed by atoms with van der Waals surface area (Å²) in [7, 11) is 0. The van der Waals surface area contributed by atoms with Crippen LogP contribution in [0.15, 0.2) is 0 Å². The zero-order valence-corrected chi connectivity index (χ0v) is 12.1. The highest BCUT2D eigenvalue weighted by molar-refractivity contribution is 7.80. The molecule has 1 aliphatic carbocycles. The van der Waals surface area contributed by atoms with Crippen molar-refractivity contribution in [3.63, 3.8) is 0 Å². The maximum atomic E-state index is 4.27. The largest absolute Gasteiger partial charge is 0.300 e. The first-order chi connectivity index (χ1) is 8.42. The van der Waals surface area contributed by atoms with Crippen molar-refractivity contribution in [1.82, 2.24) is 4.90 Å². The molecule has 0 spiro atoms. The topological polar surface area (TPSA) is 3.24 Å². The molecule has 0 aromatic carbocycles. The van der Waals surface area contributed by atoms with Crippen molar-refractivity contribution in [2.24, 2.45) is 5.92 Å².